The molecule has 0 fully saturated rings. The zero-order valence-electron chi connectivity index (χ0n) is 12.6. The van der Waals surface area contributed by atoms with Crippen molar-refractivity contribution in [3.63, 3.8) is 0 Å². The molecule has 7 heteroatoms. The van der Waals surface area contributed by atoms with Crippen molar-refractivity contribution in [1.82, 2.24) is 10.2 Å². The van der Waals surface area contributed by atoms with E-state index in [2.05, 4.69) is 23.2 Å². The summed E-state index contributed by atoms with van der Waals surface area (Å²) in [6.07, 6.45) is 0. The molecule has 2 aromatic rings. The van der Waals surface area contributed by atoms with Crippen LogP contribution in [0.15, 0.2) is 15.6 Å². The molecule has 1 aliphatic heterocycles. The second kappa shape index (κ2) is 5.54. The van der Waals surface area contributed by atoms with Gasteiger partial charge in [0.05, 0.1) is 6.07 Å². The third kappa shape index (κ3) is 2.20. The molecule has 2 unspecified atom stereocenters. The van der Waals surface area contributed by atoms with Crippen LogP contribution in [-0.4, -0.2) is 21.8 Å². The van der Waals surface area contributed by atoms with E-state index in [-0.39, 0.29) is 11.8 Å². The average Bonchev–Trinajstić information content (AvgIpc) is 3.01. The first-order chi connectivity index (χ1) is 10.6. The summed E-state index contributed by atoms with van der Waals surface area (Å²) >= 11 is 1.61. The van der Waals surface area contributed by atoms with Gasteiger partial charge in [-0.3, -0.25) is 10.5 Å². The topological polar surface area (TPSA) is 98.7 Å². The Balaban J connectivity index is 2.16. The zero-order valence-corrected chi connectivity index (χ0v) is 13.4. The Hall–Kier alpha value is -2.20. The lowest BCUT2D eigenvalue weighted by atomic mass is 9.80. The quantitative estimate of drug-likeness (QED) is 0.846. The molecular formula is C15H16N4O2S. The minimum Gasteiger partial charge on any atom is -0.455 e. The Morgan fingerprint density at radius 1 is 1.50 bits per heavy atom. The summed E-state index contributed by atoms with van der Waals surface area (Å²) in [5.41, 5.74) is 2.60. The number of H-pyrrole nitrogens is 1. The van der Waals surface area contributed by atoms with E-state index in [4.69, 9.17) is 14.6 Å². The molecule has 2 aromatic heterocycles. The Labute approximate surface area is 132 Å². The molecule has 0 radical (unpaired) electrons. The second-order valence-electron chi connectivity index (χ2n) is 5.13. The number of fused-ring (bicyclic) bond motifs is 1. The van der Waals surface area contributed by atoms with Crippen LogP contribution >= 0.6 is 11.8 Å². The van der Waals surface area contributed by atoms with E-state index < -0.39 is 5.92 Å². The van der Waals surface area contributed by atoms with Crippen LogP contribution in [0.5, 0.6) is 5.88 Å². The fourth-order valence-corrected chi connectivity index (χ4v) is 3.48. The van der Waals surface area contributed by atoms with Crippen LogP contribution in [0, 0.1) is 36.5 Å². The molecule has 3 heterocycles. The number of hydrogen-bond acceptors (Lipinski definition) is 6. The maximum absolute atomic E-state index is 9.51. The maximum atomic E-state index is 9.51. The van der Waals surface area contributed by atoms with Crippen LogP contribution < -0.4 is 4.74 Å². The molecule has 0 aliphatic carbocycles. The van der Waals surface area contributed by atoms with Gasteiger partial charge in [-0.05, 0) is 25.7 Å². The van der Waals surface area contributed by atoms with Crippen LogP contribution in [0.4, 0.5) is 0 Å². The van der Waals surface area contributed by atoms with Crippen molar-refractivity contribution in [2.75, 3.05) is 5.75 Å². The monoisotopic (exact) mass is 316 g/mol. The van der Waals surface area contributed by atoms with E-state index in [0.717, 1.165) is 33.4 Å². The number of aryl methyl sites for hydroxylation is 2. The summed E-state index contributed by atoms with van der Waals surface area (Å²) in [4.78, 5) is 0. The summed E-state index contributed by atoms with van der Waals surface area (Å²) in [6.45, 7) is 5.84. The highest BCUT2D eigenvalue weighted by Gasteiger charge is 2.41. The highest BCUT2D eigenvalue weighted by Crippen LogP contribution is 2.45. The molecule has 0 saturated carbocycles. The standard InChI is InChI=1S/C15H16N4O2S/c1-4-22-11-5-9(8(3)20-11)13-10(6-16)14(17)21-15-12(13)7(2)18-19-15/h5,10,13,17H,4H2,1-3H3,(H,18,19). The minimum absolute atomic E-state index is 0.0724. The van der Waals surface area contributed by atoms with E-state index in [1.807, 2.05) is 19.9 Å². The Kier molecular flexibility index (Phi) is 3.71. The first-order valence-corrected chi connectivity index (χ1v) is 7.99. The van der Waals surface area contributed by atoms with E-state index in [1.54, 1.807) is 11.8 Å². The van der Waals surface area contributed by atoms with Gasteiger partial charge in [0, 0.05) is 22.7 Å². The van der Waals surface area contributed by atoms with Gasteiger partial charge in [-0.1, -0.05) is 18.7 Å². The van der Waals surface area contributed by atoms with Crippen molar-refractivity contribution in [3.05, 3.63) is 28.6 Å². The number of hydrogen-bond donors (Lipinski definition) is 2. The van der Waals surface area contributed by atoms with Crippen LogP contribution in [0.2, 0.25) is 0 Å². The number of thioether (sulfide) groups is 1. The van der Waals surface area contributed by atoms with Gasteiger partial charge in [0.25, 0.3) is 0 Å². The third-order valence-electron chi connectivity index (χ3n) is 3.79. The van der Waals surface area contributed by atoms with Crippen LogP contribution in [-0.2, 0) is 0 Å². The van der Waals surface area contributed by atoms with Gasteiger partial charge >= 0.3 is 0 Å². The summed E-state index contributed by atoms with van der Waals surface area (Å²) in [6, 6.07) is 4.15. The fraction of sp³-hybridized carbons (Fsp3) is 0.400. The molecule has 1 aliphatic rings. The number of ether oxygens (including phenoxy) is 1. The lowest BCUT2D eigenvalue weighted by Crippen LogP contribution is -2.31. The van der Waals surface area contributed by atoms with Crippen LogP contribution in [0.3, 0.4) is 0 Å². The summed E-state index contributed by atoms with van der Waals surface area (Å²) in [5.74, 6) is 1.01. The lowest BCUT2D eigenvalue weighted by Gasteiger charge is -2.27. The van der Waals surface area contributed by atoms with E-state index in [9.17, 15) is 5.26 Å². The molecule has 0 bridgehead atoms. The Morgan fingerprint density at radius 2 is 2.27 bits per heavy atom. The highest BCUT2D eigenvalue weighted by atomic mass is 32.2. The molecule has 3 rings (SSSR count). The SMILES string of the molecule is CCSc1cc(C2c3c(n[nH]c3C)OC(=N)C2C#N)c(C)o1. The summed E-state index contributed by atoms with van der Waals surface area (Å²) < 4.78 is 11.2. The van der Waals surface area contributed by atoms with Gasteiger partial charge in [-0.25, -0.2) is 0 Å². The number of rotatable bonds is 3. The number of furan rings is 1. The van der Waals surface area contributed by atoms with Gasteiger partial charge in [-0.15, -0.1) is 5.10 Å². The van der Waals surface area contributed by atoms with Crippen LogP contribution in [0.25, 0.3) is 0 Å². The average molecular weight is 316 g/mol. The van der Waals surface area contributed by atoms with Crippen molar-refractivity contribution in [1.29, 1.82) is 10.7 Å². The molecule has 6 nitrogen and oxygen atoms in total. The normalized spacial score (nSPS) is 20.4. The van der Waals surface area contributed by atoms with Crippen molar-refractivity contribution >= 4 is 17.7 Å². The van der Waals surface area contributed by atoms with Gasteiger partial charge in [-0.2, -0.15) is 5.26 Å². The molecule has 0 aromatic carbocycles. The minimum atomic E-state index is -0.681. The predicted molar refractivity (Wildman–Crippen MR) is 82.5 cm³/mol. The molecule has 0 amide bonds. The number of nitriles is 1. The second-order valence-corrected chi connectivity index (χ2v) is 6.40. The first-order valence-electron chi connectivity index (χ1n) is 7.00. The molecule has 114 valence electrons. The third-order valence-corrected chi connectivity index (χ3v) is 4.56. The van der Waals surface area contributed by atoms with Crippen molar-refractivity contribution in [2.24, 2.45) is 5.92 Å². The van der Waals surface area contributed by atoms with Crippen molar-refractivity contribution in [2.45, 2.75) is 31.8 Å². The van der Waals surface area contributed by atoms with Crippen molar-refractivity contribution in [3.8, 4) is 11.9 Å². The van der Waals surface area contributed by atoms with Crippen LogP contribution in [0.1, 0.15) is 35.4 Å². The number of nitrogens with one attached hydrogen (secondary N) is 2. The first kappa shape index (κ1) is 14.7. The smallest absolute Gasteiger partial charge is 0.243 e. The zero-order chi connectivity index (χ0) is 15.9. The largest absolute Gasteiger partial charge is 0.455 e. The Morgan fingerprint density at radius 3 is 2.95 bits per heavy atom. The van der Waals surface area contributed by atoms with Gasteiger partial charge in [0.15, 0.2) is 5.09 Å². The molecule has 22 heavy (non-hydrogen) atoms. The summed E-state index contributed by atoms with van der Waals surface area (Å²) in [7, 11) is 0. The molecular weight excluding hydrogens is 300 g/mol. The Bertz CT molecular complexity index is 771. The molecule has 2 atom stereocenters. The van der Waals surface area contributed by atoms with E-state index in [1.165, 1.54) is 0 Å². The fourth-order valence-electron chi connectivity index (χ4n) is 2.80. The number of nitrogens with zero attached hydrogens (tertiary/aromatic N) is 2. The number of aromatic amines is 1. The molecule has 0 saturated heterocycles. The van der Waals surface area contributed by atoms with E-state index >= 15 is 0 Å². The van der Waals surface area contributed by atoms with Gasteiger partial charge in [0.1, 0.15) is 11.7 Å². The molecule has 2 N–H and O–H groups in total. The van der Waals surface area contributed by atoms with Gasteiger partial charge in [0.2, 0.25) is 11.8 Å². The lowest BCUT2D eigenvalue weighted by molar-refractivity contribution is 0.426. The highest BCUT2D eigenvalue weighted by molar-refractivity contribution is 7.99. The van der Waals surface area contributed by atoms with Crippen molar-refractivity contribution < 1.29 is 9.15 Å². The number of aromatic nitrogens is 2. The predicted octanol–water partition coefficient (Wildman–Crippen LogP) is 3.37. The molecule has 0 spiro atoms. The summed E-state index contributed by atoms with van der Waals surface area (Å²) in [5, 5.41) is 25.3. The van der Waals surface area contributed by atoms with E-state index in [0.29, 0.717) is 5.88 Å². The maximum Gasteiger partial charge on any atom is 0.243 e. The van der Waals surface area contributed by atoms with Gasteiger partial charge < -0.3 is 9.15 Å².